The van der Waals surface area contributed by atoms with Crippen LogP contribution in [0.15, 0.2) is 34.7 Å². The van der Waals surface area contributed by atoms with Gasteiger partial charge in [0.15, 0.2) is 5.69 Å². The molecule has 45 heavy (non-hydrogen) atoms. The molecular formula is C29H30F4N6O5S. The summed E-state index contributed by atoms with van der Waals surface area (Å²) in [5.74, 6) is -2.13. The van der Waals surface area contributed by atoms with Crippen molar-refractivity contribution in [2.75, 3.05) is 25.1 Å². The Morgan fingerprint density at radius 1 is 1.11 bits per heavy atom. The summed E-state index contributed by atoms with van der Waals surface area (Å²) in [6.07, 6.45) is -2.48. The molecule has 3 N–H and O–H groups in total. The number of halogens is 4. The monoisotopic (exact) mass is 650 g/mol. The van der Waals surface area contributed by atoms with Crippen LogP contribution in [0.25, 0.3) is 32.7 Å². The number of hydrogen-bond acceptors (Lipinski definition) is 9. The Kier molecular flexibility index (Phi) is 9.58. The molecule has 0 unspecified atom stereocenters. The third-order valence-electron chi connectivity index (χ3n) is 6.76. The molecule has 0 saturated heterocycles. The lowest BCUT2D eigenvalue weighted by molar-refractivity contribution is -0.140. The van der Waals surface area contributed by atoms with Crippen molar-refractivity contribution in [2.24, 2.45) is 5.41 Å². The normalized spacial score (nSPS) is 12.7. The molecule has 16 heteroatoms. The molecule has 11 nitrogen and oxygen atoms in total. The molecule has 0 aromatic carbocycles. The van der Waals surface area contributed by atoms with E-state index < -0.39 is 53.3 Å². The van der Waals surface area contributed by atoms with E-state index in [2.05, 4.69) is 25.6 Å². The van der Waals surface area contributed by atoms with Gasteiger partial charge in [-0.1, -0.05) is 20.8 Å². The SMILES string of the molecule is CCNC(=O)Nc1cc(-c2nc(C(F)(F)F)cs2)c(-c2cc3c(=O)c(C(=O)OCC)cn([C@H](CO)C(C)(C)C)c3nc2F)cn1. The van der Waals surface area contributed by atoms with E-state index >= 15 is 4.39 Å². The minimum atomic E-state index is -4.76. The van der Waals surface area contributed by atoms with Crippen molar-refractivity contribution in [1.29, 1.82) is 0 Å². The van der Waals surface area contributed by atoms with Crippen LogP contribution in [0.5, 0.6) is 0 Å². The number of pyridine rings is 3. The molecule has 4 aromatic rings. The first-order valence-corrected chi connectivity index (χ1v) is 14.6. The van der Waals surface area contributed by atoms with Gasteiger partial charge < -0.3 is 19.7 Å². The van der Waals surface area contributed by atoms with Crippen LogP contribution >= 0.6 is 11.3 Å². The van der Waals surface area contributed by atoms with Gasteiger partial charge in [-0.3, -0.25) is 10.1 Å². The van der Waals surface area contributed by atoms with Gasteiger partial charge in [0.2, 0.25) is 11.4 Å². The lowest BCUT2D eigenvalue weighted by Gasteiger charge is -2.32. The highest BCUT2D eigenvalue weighted by Gasteiger charge is 2.35. The molecule has 4 aromatic heterocycles. The second-order valence-corrected chi connectivity index (χ2v) is 11.8. The molecule has 0 aliphatic heterocycles. The number of aliphatic hydroxyl groups excluding tert-OH is 1. The molecular weight excluding hydrogens is 620 g/mol. The summed E-state index contributed by atoms with van der Waals surface area (Å²) in [6.45, 7) is 8.42. The number of anilines is 1. The molecule has 0 saturated carbocycles. The van der Waals surface area contributed by atoms with E-state index in [9.17, 15) is 32.7 Å². The molecule has 0 aliphatic rings. The minimum absolute atomic E-state index is 0.0364. The van der Waals surface area contributed by atoms with Crippen molar-refractivity contribution in [3.63, 3.8) is 0 Å². The number of esters is 1. The van der Waals surface area contributed by atoms with Gasteiger partial charge in [0, 0.05) is 41.0 Å². The number of alkyl halides is 3. The van der Waals surface area contributed by atoms with Gasteiger partial charge in [-0.05, 0) is 31.4 Å². The van der Waals surface area contributed by atoms with E-state index in [-0.39, 0.29) is 57.3 Å². The zero-order valence-electron chi connectivity index (χ0n) is 24.9. The molecule has 0 bridgehead atoms. The number of fused-ring (bicyclic) bond motifs is 1. The Morgan fingerprint density at radius 2 is 1.82 bits per heavy atom. The van der Waals surface area contributed by atoms with Gasteiger partial charge in [-0.2, -0.15) is 17.6 Å². The number of rotatable bonds is 8. The zero-order chi connectivity index (χ0) is 33.3. The van der Waals surface area contributed by atoms with Crippen molar-refractivity contribution in [3.8, 4) is 21.7 Å². The van der Waals surface area contributed by atoms with E-state index in [0.29, 0.717) is 11.3 Å². The summed E-state index contributed by atoms with van der Waals surface area (Å²) >= 11 is 0.628. The van der Waals surface area contributed by atoms with Crippen LogP contribution in [0.4, 0.5) is 28.2 Å². The van der Waals surface area contributed by atoms with Crippen molar-refractivity contribution in [3.05, 3.63) is 57.3 Å². The van der Waals surface area contributed by atoms with Crippen LogP contribution < -0.4 is 16.1 Å². The van der Waals surface area contributed by atoms with E-state index in [1.807, 2.05) is 0 Å². The quantitative estimate of drug-likeness (QED) is 0.126. The van der Waals surface area contributed by atoms with Gasteiger partial charge in [0.05, 0.1) is 24.6 Å². The summed E-state index contributed by atoms with van der Waals surface area (Å²) in [5.41, 5.74) is -3.70. The first-order chi connectivity index (χ1) is 21.1. The number of carbonyl (C=O) groups excluding carboxylic acids is 2. The predicted molar refractivity (Wildman–Crippen MR) is 160 cm³/mol. The molecule has 4 rings (SSSR count). The van der Waals surface area contributed by atoms with Crippen LogP contribution in [0.1, 0.15) is 56.7 Å². The maximum atomic E-state index is 16.0. The highest BCUT2D eigenvalue weighted by molar-refractivity contribution is 7.13. The number of nitrogens with zero attached hydrogens (tertiary/aromatic N) is 4. The number of aliphatic hydroxyl groups is 1. The lowest BCUT2D eigenvalue weighted by Crippen LogP contribution is -2.31. The van der Waals surface area contributed by atoms with Crippen LogP contribution in [0, 0.1) is 11.4 Å². The highest BCUT2D eigenvalue weighted by Crippen LogP contribution is 2.40. The maximum Gasteiger partial charge on any atom is 0.434 e. The van der Waals surface area contributed by atoms with E-state index in [0.717, 1.165) is 17.6 Å². The van der Waals surface area contributed by atoms with Gasteiger partial charge >= 0.3 is 18.2 Å². The van der Waals surface area contributed by atoms with Gasteiger partial charge in [-0.15, -0.1) is 11.3 Å². The zero-order valence-corrected chi connectivity index (χ0v) is 25.7. The molecule has 1 atom stereocenters. The maximum absolute atomic E-state index is 16.0. The predicted octanol–water partition coefficient (Wildman–Crippen LogP) is 5.64. The second kappa shape index (κ2) is 12.9. The average Bonchev–Trinajstić information content (AvgIpc) is 3.45. The number of nitrogens with one attached hydrogen (secondary N) is 2. The minimum Gasteiger partial charge on any atom is -0.462 e. The first-order valence-electron chi connectivity index (χ1n) is 13.7. The molecule has 4 heterocycles. The Bertz CT molecular complexity index is 1820. The molecule has 240 valence electrons. The number of carbonyl (C=O) groups is 2. The first kappa shape index (κ1) is 33.5. The van der Waals surface area contributed by atoms with E-state index in [1.54, 1.807) is 34.6 Å². The fourth-order valence-electron chi connectivity index (χ4n) is 4.57. The summed E-state index contributed by atoms with van der Waals surface area (Å²) in [5, 5.41) is 15.6. The largest absolute Gasteiger partial charge is 0.462 e. The number of thiazole rings is 1. The molecule has 2 amide bonds. The van der Waals surface area contributed by atoms with Crippen molar-refractivity contribution in [2.45, 2.75) is 46.8 Å². The topological polar surface area (TPSA) is 148 Å². The van der Waals surface area contributed by atoms with Crippen LogP contribution in [-0.2, 0) is 10.9 Å². The lowest BCUT2D eigenvalue weighted by atomic mass is 9.86. The van der Waals surface area contributed by atoms with Gasteiger partial charge in [0.1, 0.15) is 22.0 Å². The van der Waals surface area contributed by atoms with E-state index in [1.165, 1.54) is 16.8 Å². The smallest absolute Gasteiger partial charge is 0.434 e. The Hall–Kier alpha value is -4.44. The van der Waals surface area contributed by atoms with Crippen LogP contribution in [-0.4, -0.2) is 56.4 Å². The van der Waals surface area contributed by atoms with Crippen molar-refractivity contribution in [1.82, 2.24) is 24.8 Å². The second-order valence-electron chi connectivity index (χ2n) is 10.9. The summed E-state index contributed by atoms with van der Waals surface area (Å²) in [7, 11) is 0. The van der Waals surface area contributed by atoms with Crippen LogP contribution in [0.3, 0.4) is 0 Å². The summed E-state index contributed by atoms with van der Waals surface area (Å²) < 4.78 is 62.7. The van der Waals surface area contributed by atoms with Gasteiger partial charge in [0.25, 0.3) is 0 Å². The number of hydrogen-bond donors (Lipinski definition) is 3. The standard InChI is InChI=1S/C29H30F4N6O5S/c1-6-34-27(43)37-21-9-15(25-36-19(13-45-25)29(31,32)33)17(10-35-21)14-8-16-22(41)18(26(42)44-7-2)11-39(24(16)38-23(14)30)20(12-40)28(3,4)5/h8-11,13,20,40H,6-7,12H2,1-5H3,(H2,34,35,37,43)/t20-/m1/s1. The average molecular weight is 651 g/mol. The van der Waals surface area contributed by atoms with E-state index in [4.69, 9.17) is 4.74 Å². The third-order valence-corrected chi connectivity index (χ3v) is 7.64. The molecule has 0 radical (unpaired) electrons. The molecule has 0 aliphatic carbocycles. The fraction of sp³-hybridized carbons (Fsp3) is 0.379. The number of aromatic nitrogens is 4. The fourth-order valence-corrected chi connectivity index (χ4v) is 5.43. The number of amides is 2. The molecule has 0 fully saturated rings. The summed E-state index contributed by atoms with van der Waals surface area (Å²) in [4.78, 5) is 50.4. The third kappa shape index (κ3) is 6.96. The molecule has 0 spiro atoms. The Labute approximate surface area is 258 Å². The highest BCUT2D eigenvalue weighted by atomic mass is 32.1. The van der Waals surface area contributed by atoms with Gasteiger partial charge in [-0.25, -0.2) is 24.5 Å². The summed E-state index contributed by atoms with van der Waals surface area (Å²) in [6, 6.07) is 0.940. The number of ether oxygens (including phenoxy) is 1. The Morgan fingerprint density at radius 3 is 2.40 bits per heavy atom. The number of urea groups is 1. The Balaban J connectivity index is 2.03. The van der Waals surface area contributed by atoms with Crippen molar-refractivity contribution < 1.29 is 37.0 Å². The van der Waals surface area contributed by atoms with Crippen molar-refractivity contribution >= 4 is 40.2 Å². The van der Waals surface area contributed by atoms with Crippen LogP contribution in [0.2, 0.25) is 0 Å².